The quantitative estimate of drug-likeness (QED) is 0.568. The van der Waals surface area contributed by atoms with Crippen LogP contribution in [0.15, 0.2) is 30.3 Å². The molecule has 0 spiro atoms. The first-order valence-corrected chi connectivity index (χ1v) is 6.27. The molecule has 0 aliphatic heterocycles. The van der Waals surface area contributed by atoms with Crippen LogP contribution in [0.3, 0.4) is 0 Å². The molecule has 0 heterocycles. The van der Waals surface area contributed by atoms with Crippen molar-refractivity contribution >= 4 is 5.97 Å². The lowest BCUT2D eigenvalue weighted by Gasteiger charge is -2.07. The van der Waals surface area contributed by atoms with Crippen LogP contribution in [0.4, 0.5) is 0 Å². The van der Waals surface area contributed by atoms with E-state index in [-0.39, 0.29) is 18.6 Å². The summed E-state index contributed by atoms with van der Waals surface area (Å²) in [5.41, 5.74) is 5.59. The van der Waals surface area contributed by atoms with Gasteiger partial charge in [0, 0.05) is 12.5 Å². The lowest BCUT2D eigenvalue weighted by atomic mass is 10.1. The Labute approximate surface area is 108 Å². The topological polar surface area (TPSA) is 61.6 Å². The number of benzene rings is 1. The number of hydrogen-bond acceptors (Lipinski definition) is 4. The predicted molar refractivity (Wildman–Crippen MR) is 70.4 cm³/mol. The fourth-order valence-corrected chi connectivity index (χ4v) is 1.47. The molecule has 0 aliphatic rings. The number of ether oxygens (including phenoxy) is 2. The van der Waals surface area contributed by atoms with Crippen molar-refractivity contribution in [3.05, 3.63) is 30.3 Å². The highest BCUT2D eigenvalue weighted by molar-refractivity contribution is 5.69. The van der Waals surface area contributed by atoms with Gasteiger partial charge in [0.25, 0.3) is 0 Å². The molecular weight excluding hydrogens is 230 g/mol. The Balaban J connectivity index is 2.02. The summed E-state index contributed by atoms with van der Waals surface area (Å²) >= 11 is 0. The predicted octanol–water partition coefficient (Wildman–Crippen LogP) is 2.13. The highest BCUT2D eigenvalue weighted by atomic mass is 16.6. The number of carbonyl (C=O) groups excluding carboxylic acids is 1. The standard InChI is InChI=1S/C14H21NO3/c1-12(15)6-5-9-14(16)18-11-10-17-13-7-3-2-4-8-13/h2-4,7-8,12H,5-6,9-11,15H2,1H3. The van der Waals surface area contributed by atoms with Crippen molar-refractivity contribution in [2.24, 2.45) is 5.73 Å². The van der Waals surface area contributed by atoms with Crippen LogP contribution in [0.5, 0.6) is 5.75 Å². The maximum atomic E-state index is 11.3. The van der Waals surface area contributed by atoms with E-state index in [4.69, 9.17) is 15.2 Å². The van der Waals surface area contributed by atoms with E-state index in [9.17, 15) is 4.79 Å². The molecule has 0 fully saturated rings. The molecule has 0 saturated carbocycles. The number of esters is 1. The minimum atomic E-state index is -0.188. The van der Waals surface area contributed by atoms with Crippen LogP contribution in [0.2, 0.25) is 0 Å². The first kappa shape index (κ1) is 14.5. The van der Waals surface area contributed by atoms with Gasteiger partial charge >= 0.3 is 5.97 Å². The summed E-state index contributed by atoms with van der Waals surface area (Å²) in [6, 6.07) is 9.59. The van der Waals surface area contributed by atoms with E-state index in [2.05, 4.69) is 0 Å². The number of hydrogen-bond donors (Lipinski definition) is 1. The number of para-hydroxylation sites is 1. The number of rotatable bonds is 8. The van der Waals surface area contributed by atoms with E-state index in [1.54, 1.807) is 0 Å². The molecular formula is C14H21NO3. The van der Waals surface area contributed by atoms with Gasteiger partial charge < -0.3 is 15.2 Å². The van der Waals surface area contributed by atoms with E-state index < -0.39 is 0 Å². The number of carbonyl (C=O) groups is 1. The van der Waals surface area contributed by atoms with Gasteiger partial charge in [0.1, 0.15) is 19.0 Å². The average molecular weight is 251 g/mol. The molecule has 0 saturated heterocycles. The van der Waals surface area contributed by atoms with Gasteiger partial charge in [0.15, 0.2) is 0 Å². The third-order valence-corrected chi connectivity index (χ3v) is 2.40. The van der Waals surface area contributed by atoms with Gasteiger partial charge in [-0.3, -0.25) is 4.79 Å². The van der Waals surface area contributed by atoms with Crippen LogP contribution in [-0.4, -0.2) is 25.2 Å². The van der Waals surface area contributed by atoms with E-state index in [1.807, 2.05) is 37.3 Å². The summed E-state index contributed by atoms with van der Waals surface area (Å²) < 4.78 is 10.4. The van der Waals surface area contributed by atoms with Crippen molar-refractivity contribution in [1.82, 2.24) is 0 Å². The third kappa shape index (κ3) is 6.91. The molecule has 0 aliphatic carbocycles. The Kier molecular flexibility index (Phi) is 6.87. The molecule has 0 amide bonds. The van der Waals surface area contributed by atoms with Crippen LogP contribution in [0.25, 0.3) is 0 Å². The van der Waals surface area contributed by atoms with E-state index in [0.717, 1.165) is 18.6 Å². The normalized spacial score (nSPS) is 11.9. The molecule has 0 bridgehead atoms. The molecule has 1 unspecified atom stereocenters. The summed E-state index contributed by atoms with van der Waals surface area (Å²) in [6.45, 7) is 2.59. The fraction of sp³-hybridized carbons (Fsp3) is 0.500. The monoisotopic (exact) mass is 251 g/mol. The molecule has 1 aromatic carbocycles. The lowest BCUT2D eigenvalue weighted by molar-refractivity contribution is -0.144. The van der Waals surface area contributed by atoms with Crippen molar-refractivity contribution in [3.63, 3.8) is 0 Å². The van der Waals surface area contributed by atoms with Crippen molar-refractivity contribution in [2.75, 3.05) is 13.2 Å². The SMILES string of the molecule is CC(N)CCCC(=O)OCCOc1ccccc1. The molecule has 4 nitrogen and oxygen atoms in total. The van der Waals surface area contributed by atoms with Crippen molar-refractivity contribution in [1.29, 1.82) is 0 Å². The van der Waals surface area contributed by atoms with E-state index in [0.29, 0.717) is 13.0 Å². The van der Waals surface area contributed by atoms with Crippen LogP contribution < -0.4 is 10.5 Å². The maximum absolute atomic E-state index is 11.3. The highest BCUT2D eigenvalue weighted by Gasteiger charge is 2.03. The van der Waals surface area contributed by atoms with Crippen LogP contribution in [0.1, 0.15) is 26.2 Å². The average Bonchev–Trinajstić information content (AvgIpc) is 2.35. The molecule has 18 heavy (non-hydrogen) atoms. The van der Waals surface area contributed by atoms with E-state index >= 15 is 0 Å². The summed E-state index contributed by atoms with van der Waals surface area (Å²) in [4.78, 5) is 11.3. The van der Waals surface area contributed by atoms with Crippen LogP contribution >= 0.6 is 0 Å². The maximum Gasteiger partial charge on any atom is 0.305 e. The fourth-order valence-electron chi connectivity index (χ4n) is 1.47. The van der Waals surface area contributed by atoms with Gasteiger partial charge in [0.2, 0.25) is 0 Å². The molecule has 1 atom stereocenters. The lowest BCUT2D eigenvalue weighted by Crippen LogP contribution is -2.16. The first-order chi connectivity index (χ1) is 8.68. The largest absolute Gasteiger partial charge is 0.490 e. The van der Waals surface area contributed by atoms with Crippen molar-refractivity contribution in [3.8, 4) is 5.75 Å². The summed E-state index contributed by atoms with van der Waals surface area (Å²) in [5.74, 6) is 0.595. The molecule has 100 valence electrons. The summed E-state index contributed by atoms with van der Waals surface area (Å²) in [6.07, 6.45) is 2.04. The van der Waals surface area contributed by atoms with Crippen molar-refractivity contribution < 1.29 is 14.3 Å². The Bertz CT molecular complexity index is 338. The Morgan fingerprint density at radius 2 is 2.00 bits per heavy atom. The summed E-state index contributed by atoms with van der Waals surface area (Å²) in [7, 11) is 0. The second-order valence-corrected chi connectivity index (χ2v) is 4.25. The van der Waals surface area contributed by atoms with Gasteiger partial charge in [-0.15, -0.1) is 0 Å². The minimum Gasteiger partial charge on any atom is -0.490 e. The van der Waals surface area contributed by atoms with E-state index in [1.165, 1.54) is 0 Å². The van der Waals surface area contributed by atoms with Gasteiger partial charge in [-0.1, -0.05) is 18.2 Å². The molecule has 1 aromatic rings. The Morgan fingerprint density at radius 3 is 2.67 bits per heavy atom. The number of nitrogens with two attached hydrogens (primary N) is 1. The Morgan fingerprint density at radius 1 is 1.28 bits per heavy atom. The zero-order valence-electron chi connectivity index (χ0n) is 10.8. The zero-order valence-corrected chi connectivity index (χ0v) is 10.8. The first-order valence-electron chi connectivity index (χ1n) is 6.27. The molecule has 1 rings (SSSR count). The van der Waals surface area contributed by atoms with Gasteiger partial charge in [-0.05, 0) is 31.9 Å². The van der Waals surface area contributed by atoms with Gasteiger partial charge in [-0.25, -0.2) is 0 Å². The van der Waals surface area contributed by atoms with Crippen LogP contribution in [0, 0.1) is 0 Å². The van der Waals surface area contributed by atoms with Crippen molar-refractivity contribution in [2.45, 2.75) is 32.2 Å². The zero-order chi connectivity index (χ0) is 13.2. The van der Waals surface area contributed by atoms with Gasteiger partial charge in [-0.2, -0.15) is 0 Å². The smallest absolute Gasteiger partial charge is 0.305 e. The summed E-state index contributed by atoms with van der Waals surface area (Å²) in [5, 5.41) is 0. The Hall–Kier alpha value is -1.55. The van der Waals surface area contributed by atoms with Gasteiger partial charge in [0.05, 0.1) is 0 Å². The van der Waals surface area contributed by atoms with Crippen LogP contribution in [-0.2, 0) is 9.53 Å². The third-order valence-electron chi connectivity index (χ3n) is 2.40. The second-order valence-electron chi connectivity index (χ2n) is 4.25. The molecule has 0 aromatic heterocycles. The molecule has 4 heteroatoms. The molecule has 0 radical (unpaired) electrons. The minimum absolute atomic E-state index is 0.138. The second kappa shape index (κ2) is 8.53. The highest BCUT2D eigenvalue weighted by Crippen LogP contribution is 2.07. The molecule has 2 N–H and O–H groups in total.